The van der Waals surface area contributed by atoms with Crippen LogP contribution in [0.2, 0.25) is 0 Å². The van der Waals surface area contributed by atoms with Crippen molar-refractivity contribution in [3.8, 4) is 0 Å². The highest BCUT2D eigenvalue weighted by Gasteiger charge is 2.07. The van der Waals surface area contributed by atoms with Gasteiger partial charge >= 0.3 is 5.69 Å². The Balaban J connectivity index is 2.32. The summed E-state index contributed by atoms with van der Waals surface area (Å²) in [6, 6.07) is 0. The predicted molar refractivity (Wildman–Crippen MR) is 53.1 cm³/mol. The Morgan fingerprint density at radius 3 is 2.86 bits per heavy atom. The Hall–Kier alpha value is -1.63. The van der Waals surface area contributed by atoms with E-state index >= 15 is 0 Å². The van der Waals surface area contributed by atoms with Crippen LogP contribution >= 0.6 is 11.5 Å². The second-order valence-corrected chi connectivity index (χ2v) is 3.69. The van der Waals surface area contributed by atoms with E-state index < -0.39 is 0 Å². The monoisotopic (exact) mass is 211 g/mol. The minimum Gasteiger partial charge on any atom is -0.388 e. The van der Waals surface area contributed by atoms with Gasteiger partial charge in [0.05, 0.1) is 6.54 Å². The molecule has 0 aliphatic heterocycles. The van der Waals surface area contributed by atoms with Gasteiger partial charge in [-0.05, 0) is 0 Å². The number of imidazole rings is 1. The highest BCUT2D eigenvalue weighted by molar-refractivity contribution is 7.09. The van der Waals surface area contributed by atoms with Crippen LogP contribution in [-0.2, 0) is 13.6 Å². The van der Waals surface area contributed by atoms with E-state index in [0.717, 1.165) is 11.5 Å². The number of nitrogens with zero attached hydrogens (tertiary/aromatic N) is 4. The van der Waals surface area contributed by atoms with E-state index in [1.165, 1.54) is 9.13 Å². The second-order valence-electron chi connectivity index (χ2n) is 2.90. The number of aryl methyl sites for hydroxylation is 1. The van der Waals surface area contributed by atoms with Gasteiger partial charge in [-0.3, -0.25) is 4.57 Å². The van der Waals surface area contributed by atoms with Gasteiger partial charge < -0.3 is 10.3 Å². The topological polar surface area (TPSA) is 78.7 Å². The summed E-state index contributed by atoms with van der Waals surface area (Å²) in [5.74, 6) is 0. The Labute approximate surface area is 83.8 Å². The average molecular weight is 211 g/mol. The van der Waals surface area contributed by atoms with Crippen molar-refractivity contribution in [2.45, 2.75) is 6.54 Å². The fourth-order valence-electron chi connectivity index (χ4n) is 1.12. The Bertz CT molecular complexity index is 496. The summed E-state index contributed by atoms with van der Waals surface area (Å²) in [6.45, 7) is 0.377. The maximum atomic E-state index is 11.4. The van der Waals surface area contributed by atoms with Crippen LogP contribution in [0.25, 0.3) is 0 Å². The molecule has 0 spiro atoms. The highest BCUT2D eigenvalue weighted by Crippen LogP contribution is 2.12. The molecule has 2 aromatic heterocycles. The number of hydrogen-bond donors (Lipinski definition) is 1. The number of anilines is 1. The van der Waals surface area contributed by atoms with E-state index in [4.69, 9.17) is 5.73 Å². The summed E-state index contributed by atoms with van der Waals surface area (Å²) < 4.78 is 6.73. The van der Waals surface area contributed by atoms with Crippen LogP contribution in [0.1, 0.15) is 5.69 Å². The number of hydrogen-bond acceptors (Lipinski definition) is 5. The molecule has 0 unspecified atom stereocenters. The third kappa shape index (κ3) is 1.41. The zero-order valence-corrected chi connectivity index (χ0v) is 8.36. The van der Waals surface area contributed by atoms with E-state index in [9.17, 15) is 4.79 Å². The Morgan fingerprint density at radius 1 is 1.57 bits per heavy atom. The van der Waals surface area contributed by atoms with Gasteiger partial charge in [0.25, 0.3) is 0 Å². The molecular weight excluding hydrogens is 202 g/mol. The molecule has 6 nitrogen and oxygen atoms in total. The van der Waals surface area contributed by atoms with Crippen molar-refractivity contribution in [1.29, 1.82) is 0 Å². The van der Waals surface area contributed by atoms with E-state index in [-0.39, 0.29) is 5.69 Å². The van der Waals surface area contributed by atoms with Crippen molar-refractivity contribution in [2.24, 2.45) is 7.05 Å². The van der Waals surface area contributed by atoms with E-state index in [1.54, 1.807) is 19.4 Å². The zero-order valence-electron chi connectivity index (χ0n) is 7.54. The molecule has 0 radical (unpaired) electrons. The molecule has 2 heterocycles. The quantitative estimate of drug-likeness (QED) is 0.737. The summed E-state index contributed by atoms with van der Waals surface area (Å²) in [6.07, 6.45) is 3.39. The van der Waals surface area contributed by atoms with Gasteiger partial charge in [0.1, 0.15) is 10.7 Å². The largest absolute Gasteiger partial charge is 0.388 e. The van der Waals surface area contributed by atoms with Crippen molar-refractivity contribution in [2.75, 3.05) is 5.73 Å². The van der Waals surface area contributed by atoms with Gasteiger partial charge in [-0.1, -0.05) is 4.49 Å². The van der Waals surface area contributed by atoms with Crippen LogP contribution in [0.3, 0.4) is 0 Å². The molecule has 0 aromatic carbocycles. The van der Waals surface area contributed by atoms with Gasteiger partial charge in [0.15, 0.2) is 0 Å². The van der Waals surface area contributed by atoms with Gasteiger partial charge in [-0.25, -0.2) is 4.79 Å². The molecule has 0 bridgehead atoms. The summed E-state index contributed by atoms with van der Waals surface area (Å²) in [5, 5.41) is 4.39. The molecule has 0 aliphatic carbocycles. The third-order valence-electron chi connectivity index (χ3n) is 1.92. The van der Waals surface area contributed by atoms with E-state index in [1.807, 2.05) is 0 Å². The average Bonchev–Trinajstić information content (AvgIpc) is 2.68. The van der Waals surface area contributed by atoms with Crippen molar-refractivity contribution >= 4 is 16.5 Å². The maximum Gasteiger partial charge on any atom is 0.328 e. The number of aromatic nitrogens is 4. The second kappa shape index (κ2) is 3.26. The Kier molecular flexibility index (Phi) is 2.08. The highest BCUT2D eigenvalue weighted by atomic mass is 32.1. The van der Waals surface area contributed by atoms with Crippen molar-refractivity contribution in [1.82, 2.24) is 18.7 Å². The number of nitrogens with two attached hydrogens (primary N) is 1. The molecule has 0 saturated carbocycles. The molecule has 0 saturated heterocycles. The maximum absolute atomic E-state index is 11.4. The molecule has 2 rings (SSSR count). The van der Waals surface area contributed by atoms with Gasteiger partial charge in [-0.2, -0.15) is 0 Å². The molecular formula is C7H9N5OS. The standard InChI is InChI=1S/C7H9N5OS/c1-11-2-3-12(7(11)13)4-5-6(8)14-10-9-5/h2-3H,4,8H2,1H3. The molecule has 0 atom stereocenters. The summed E-state index contributed by atoms with van der Waals surface area (Å²) in [4.78, 5) is 11.4. The first kappa shape index (κ1) is 8.95. The predicted octanol–water partition coefficient (Wildman–Crippen LogP) is -0.331. The Morgan fingerprint density at radius 2 is 2.36 bits per heavy atom. The molecule has 0 fully saturated rings. The molecule has 74 valence electrons. The molecule has 2 N–H and O–H groups in total. The first-order chi connectivity index (χ1) is 6.68. The number of nitrogen functional groups attached to an aromatic ring is 1. The van der Waals surface area contributed by atoms with Crippen LogP contribution in [0.5, 0.6) is 0 Å². The molecule has 2 aromatic rings. The van der Waals surface area contributed by atoms with Crippen LogP contribution in [0.15, 0.2) is 17.2 Å². The van der Waals surface area contributed by atoms with E-state index in [0.29, 0.717) is 17.2 Å². The van der Waals surface area contributed by atoms with Gasteiger partial charge in [0, 0.05) is 31.0 Å². The fourth-order valence-corrected chi connectivity index (χ4v) is 1.56. The lowest BCUT2D eigenvalue weighted by molar-refractivity contribution is 0.703. The zero-order chi connectivity index (χ0) is 10.1. The lowest BCUT2D eigenvalue weighted by Crippen LogP contribution is -2.22. The molecule has 14 heavy (non-hydrogen) atoms. The van der Waals surface area contributed by atoms with Crippen molar-refractivity contribution < 1.29 is 0 Å². The van der Waals surface area contributed by atoms with Crippen LogP contribution < -0.4 is 11.4 Å². The first-order valence-electron chi connectivity index (χ1n) is 3.97. The summed E-state index contributed by atoms with van der Waals surface area (Å²) >= 11 is 1.13. The SMILES string of the molecule is Cn1ccn(Cc2nnsc2N)c1=O. The first-order valence-corrected chi connectivity index (χ1v) is 4.74. The number of rotatable bonds is 2. The lowest BCUT2D eigenvalue weighted by atomic mass is 10.4. The lowest BCUT2D eigenvalue weighted by Gasteiger charge is -1.97. The van der Waals surface area contributed by atoms with Crippen LogP contribution in [0, 0.1) is 0 Å². The third-order valence-corrected chi connectivity index (χ3v) is 2.52. The van der Waals surface area contributed by atoms with Crippen molar-refractivity contribution in [3.63, 3.8) is 0 Å². The minimum absolute atomic E-state index is 0.0857. The van der Waals surface area contributed by atoms with Crippen LogP contribution in [-0.4, -0.2) is 18.7 Å². The van der Waals surface area contributed by atoms with Crippen molar-refractivity contribution in [3.05, 3.63) is 28.6 Å². The van der Waals surface area contributed by atoms with Gasteiger partial charge in [0.2, 0.25) is 0 Å². The summed E-state index contributed by atoms with van der Waals surface area (Å²) in [7, 11) is 1.70. The normalized spacial score (nSPS) is 10.6. The van der Waals surface area contributed by atoms with E-state index in [2.05, 4.69) is 9.59 Å². The van der Waals surface area contributed by atoms with Crippen LogP contribution in [0.4, 0.5) is 5.00 Å². The summed E-state index contributed by atoms with van der Waals surface area (Å²) in [5.41, 5.74) is 6.17. The minimum atomic E-state index is -0.0857. The molecule has 0 aliphatic rings. The molecule has 7 heteroatoms. The smallest absolute Gasteiger partial charge is 0.328 e. The fraction of sp³-hybridized carbons (Fsp3) is 0.286. The van der Waals surface area contributed by atoms with Gasteiger partial charge in [-0.15, -0.1) is 5.10 Å². The molecule has 0 amide bonds.